The summed E-state index contributed by atoms with van der Waals surface area (Å²) in [5, 5.41) is 2.39. The van der Waals surface area contributed by atoms with Crippen LogP contribution in [0.15, 0.2) is 33.9 Å². The molecule has 2 heterocycles. The van der Waals surface area contributed by atoms with E-state index in [1.807, 2.05) is 0 Å². The number of halogens is 1. The van der Waals surface area contributed by atoms with Crippen LogP contribution in [-0.4, -0.2) is 32.6 Å². The lowest BCUT2D eigenvalue weighted by molar-refractivity contribution is -0.116. The second kappa shape index (κ2) is 8.61. The molecule has 0 atom stereocenters. The number of ether oxygens (including phenoxy) is 1. The van der Waals surface area contributed by atoms with Gasteiger partial charge in [0.2, 0.25) is 5.91 Å². The summed E-state index contributed by atoms with van der Waals surface area (Å²) in [7, 11) is 1.42. The number of rotatable bonds is 6. The van der Waals surface area contributed by atoms with Crippen molar-refractivity contribution in [1.82, 2.24) is 14.1 Å². The first-order valence-electron chi connectivity index (χ1n) is 10.6. The SMILES string of the molecule is CCOC(=O)c1cc(C2CC2)nc2c1c(=O)n(CC(=O)Nc1ccc(C)c(F)c1)c(=O)n2C. The summed E-state index contributed by atoms with van der Waals surface area (Å²) in [4.78, 5) is 55.9. The van der Waals surface area contributed by atoms with Gasteiger partial charge in [-0.3, -0.25) is 18.7 Å². The predicted octanol–water partition coefficient (Wildman–Crippen LogP) is 2.24. The van der Waals surface area contributed by atoms with Crippen molar-refractivity contribution >= 4 is 28.6 Å². The molecule has 2 aromatic heterocycles. The van der Waals surface area contributed by atoms with Crippen LogP contribution >= 0.6 is 0 Å². The number of aryl methyl sites for hydroxylation is 2. The molecule has 172 valence electrons. The molecule has 1 aliphatic carbocycles. The van der Waals surface area contributed by atoms with Gasteiger partial charge in [-0.15, -0.1) is 0 Å². The van der Waals surface area contributed by atoms with E-state index < -0.39 is 35.5 Å². The topological polar surface area (TPSA) is 112 Å². The van der Waals surface area contributed by atoms with Crippen LogP contribution in [0.2, 0.25) is 0 Å². The zero-order valence-corrected chi connectivity index (χ0v) is 18.5. The van der Waals surface area contributed by atoms with Crippen LogP contribution in [0.5, 0.6) is 0 Å². The van der Waals surface area contributed by atoms with Crippen LogP contribution in [0.1, 0.15) is 47.3 Å². The summed E-state index contributed by atoms with van der Waals surface area (Å²) in [6, 6.07) is 5.70. The fourth-order valence-electron chi connectivity index (χ4n) is 3.61. The highest BCUT2D eigenvalue weighted by molar-refractivity contribution is 6.02. The van der Waals surface area contributed by atoms with Gasteiger partial charge in [0.25, 0.3) is 5.56 Å². The highest BCUT2D eigenvalue weighted by Crippen LogP contribution is 2.39. The highest BCUT2D eigenvalue weighted by Gasteiger charge is 2.29. The summed E-state index contributed by atoms with van der Waals surface area (Å²) < 4.78 is 20.8. The number of benzene rings is 1. The Morgan fingerprint density at radius 2 is 1.97 bits per heavy atom. The quantitative estimate of drug-likeness (QED) is 0.572. The van der Waals surface area contributed by atoms with E-state index in [1.54, 1.807) is 13.8 Å². The van der Waals surface area contributed by atoms with Crippen molar-refractivity contribution in [3.8, 4) is 0 Å². The first-order valence-corrected chi connectivity index (χ1v) is 10.6. The maximum absolute atomic E-state index is 13.8. The van der Waals surface area contributed by atoms with E-state index in [-0.39, 0.29) is 34.8 Å². The number of hydrogen-bond donors (Lipinski definition) is 1. The number of carbonyl (C=O) groups excluding carboxylic acids is 2. The lowest BCUT2D eigenvalue weighted by atomic mass is 10.1. The summed E-state index contributed by atoms with van der Waals surface area (Å²) in [5.74, 6) is -1.73. The van der Waals surface area contributed by atoms with E-state index in [0.29, 0.717) is 11.3 Å². The Morgan fingerprint density at radius 3 is 2.61 bits per heavy atom. The van der Waals surface area contributed by atoms with Crippen molar-refractivity contribution < 1.29 is 18.7 Å². The molecule has 0 saturated heterocycles. The minimum absolute atomic E-state index is 0.0131. The second-order valence-corrected chi connectivity index (χ2v) is 8.03. The summed E-state index contributed by atoms with van der Waals surface area (Å²) in [6.45, 7) is 2.72. The summed E-state index contributed by atoms with van der Waals surface area (Å²) >= 11 is 0. The Labute approximate surface area is 187 Å². The maximum atomic E-state index is 13.8. The third kappa shape index (κ3) is 4.28. The van der Waals surface area contributed by atoms with Gasteiger partial charge < -0.3 is 10.1 Å². The fourth-order valence-corrected chi connectivity index (χ4v) is 3.61. The van der Waals surface area contributed by atoms with Gasteiger partial charge in [-0.25, -0.2) is 19.0 Å². The number of esters is 1. The number of aromatic nitrogens is 3. The lowest BCUT2D eigenvalue weighted by Gasteiger charge is -2.14. The van der Waals surface area contributed by atoms with Crippen molar-refractivity contribution in [2.24, 2.45) is 7.05 Å². The molecule has 1 saturated carbocycles. The zero-order valence-electron chi connectivity index (χ0n) is 18.5. The zero-order chi connectivity index (χ0) is 23.9. The van der Waals surface area contributed by atoms with Gasteiger partial charge in [-0.2, -0.15) is 0 Å². The van der Waals surface area contributed by atoms with Gasteiger partial charge in [0.05, 0.1) is 17.6 Å². The minimum atomic E-state index is -0.823. The molecular formula is C23H23FN4O5. The Morgan fingerprint density at radius 1 is 1.24 bits per heavy atom. The van der Waals surface area contributed by atoms with Gasteiger partial charge in [0, 0.05) is 24.3 Å². The third-order valence-electron chi connectivity index (χ3n) is 5.56. The Bertz CT molecular complexity index is 1400. The lowest BCUT2D eigenvalue weighted by Crippen LogP contribution is -2.42. The molecule has 0 radical (unpaired) electrons. The van der Waals surface area contributed by atoms with E-state index in [4.69, 9.17) is 4.74 Å². The summed E-state index contributed by atoms with van der Waals surface area (Å²) in [5.41, 5.74) is -0.274. The Balaban J connectivity index is 1.79. The van der Waals surface area contributed by atoms with E-state index in [9.17, 15) is 23.6 Å². The molecule has 0 aliphatic heterocycles. The maximum Gasteiger partial charge on any atom is 0.339 e. The van der Waals surface area contributed by atoms with Crippen molar-refractivity contribution in [2.75, 3.05) is 11.9 Å². The van der Waals surface area contributed by atoms with Gasteiger partial charge in [0.15, 0.2) is 0 Å². The van der Waals surface area contributed by atoms with E-state index in [0.717, 1.165) is 28.0 Å². The van der Waals surface area contributed by atoms with E-state index >= 15 is 0 Å². The number of pyridine rings is 1. The second-order valence-electron chi connectivity index (χ2n) is 8.03. The molecular weight excluding hydrogens is 431 g/mol. The number of fused-ring (bicyclic) bond motifs is 1. The van der Waals surface area contributed by atoms with Crippen molar-refractivity contribution in [3.63, 3.8) is 0 Å². The molecule has 33 heavy (non-hydrogen) atoms. The molecule has 1 aromatic carbocycles. The van der Waals surface area contributed by atoms with Gasteiger partial charge in [-0.1, -0.05) is 6.07 Å². The largest absolute Gasteiger partial charge is 0.462 e. The fraction of sp³-hybridized carbons (Fsp3) is 0.348. The van der Waals surface area contributed by atoms with Crippen LogP contribution in [0.3, 0.4) is 0 Å². The first-order chi connectivity index (χ1) is 15.7. The monoisotopic (exact) mass is 454 g/mol. The molecule has 0 bridgehead atoms. The molecule has 1 amide bonds. The number of nitrogens with one attached hydrogen (secondary N) is 1. The van der Waals surface area contributed by atoms with Crippen LogP contribution in [0, 0.1) is 12.7 Å². The molecule has 1 aliphatic rings. The molecule has 3 aromatic rings. The predicted molar refractivity (Wildman–Crippen MR) is 119 cm³/mol. The van der Waals surface area contributed by atoms with Crippen LogP contribution < -0.4 is 16.6 Å². The molecule has 9 nitrogen and oxygen atoms in total. The molecule has 10 heteroatoms. The van der Waals surface area contributed by atoms with E-state index in [1.165, 1.54) is 25.2 Å². The average Bonchev–Trinajstić information content (AvgIpc) is 3.62. The minimum Gasteiger partial charge on any atom is -0.462 e. The number of nitrogens with zero attached hydrogens (tertiary/aromatic N) is 3. The first kappa shape index (κ1) is 22.4. The average molecular weight is 454 g/mol. The summed E-state index contributed by atoms with van der Waals surface area (Å²) in [6.07, 6.45) is 1.82. The van der Waals surface area contributed by atoms with Crippen LogP contribution in [0.25, 0.3) is 11.0 Å². The number of amides is 1. The van der Waals surface area contributed by atoms with Gasteiger partial charge in [-0.05, 0) is 50.5 Å². The van der Waals surface area contributed by atoms with E-state index in [2.05, 4.69) is 10.3 Å². The third-order valence-corrected chi connectivity index (χ3v) is 5.56. The standard InChI is InChI=1S/C23H23FN4O5/c1-4-33-22(31)15-10-17(13-6-7-13)26-20-19(15)21(30)28(23(32)27(20)3)11-18(29)25-14-8-5-12(2)16(24)9-14/h5,8-10,13H,4,6-7,11H2,1-3H3,(H,25,29). The molecule has 1 N–H and O–H groups in total. The molecule has 0 spiro atoms. The van der Waals surface area contributed by atoms with Crippen LogP contribution in [0.4, 0.5) is 10.1 Å². The molecule has 4 rings (SSSR count). The normalized spacial score (nSPS) is 13.2. The molecule has 0 unspecified atom stereocenters. The van der Waals surface area contributed by atoms with Crippen molar-refractivity contribution in [1.29, 1.82) is 0 Å². The number of hydrogen-bond acceptors (Lipinski definition) is 6. The van der Waals surface area contributed by atoms with Crippen molar-refractivity contribution in [2.45, 2.75) is 39.2 Å². The number of anilines is 1. The van der Waals surface area contributed by atoms with Gasteiger partial charge >= 0.3 is 11.7 Å². The highest BCUT2D eigenvalue weighted by atomic mass is 19.1. The van der Waals surface area contributed by atoms with Crippen LogP contribution in [-0.2, 0) is 23.1 Å². The Hall–Kier alpha value is -3.82. The number of carbonyl (C=O) groups is 2. The molecule has 1 fully saturated rings. The smallest absolute Gasteiger partial charge is 0.339 e. The Kier molecular flexibility index (Phi) is 5.84. The van der Waals surface area contributed by atoms with Crippen molar-refractivity contribution in [3.05, 3.63) is 67.7 Å². The van der Waals surface area contributed by atoms with Gasteiger partial charge in [0.1, 0.15) is 18.0 Å².